The molecule has 0 radical (unpaired) electrons. The Balaban J connectivity index is 2.35. The number of nitrogens with one attached hydrogen (secondary N) is 1. The first-order valence-corrected chi connectivity index (χ1v) is 10.2. The van der Waals surface area contributed by atoms with Crippen LogP contribution in [0.15, 0.2) is 30.3 Å². The smallest absolute Gasteiger partial charge is 0.307 e. The molecule has 0 amide bonds. The summed E-state index contributed by atoms with van der Waals surface area (Å²) in [7, 11) is 0. The van der Waals surface area contributed by atoms with Crippen molar-refractivity contribution in [1.29, 1.82) is 0 Å². The van der Waals surface area contributed by atoms with Crippen LogP contribution in [0.25, 0.3) is 5.69 Å². The largest absolute Gasteiger partial charge is 0.598 e. The third-order valence-electron chi connectivity index (χ3n) is 4.01. The zero-order valence-electron chi connectivity index (χ0n) is 16.9. The molecule has 0 saturated carbocycles. The molecule has 1 N–H and O–H groups in total. The number of carbonyl (C=O) groups is 1. The van der Waals surface area contributed by atoms with Crippen LogP contribution >= 0.6 is 0 Å². The molecule has 0 bridgehead atoms. The van der Waals surface area contributed by atoms with Crippen molar-refractivity contribution in [3.63, 3.8) is 0 Å². The second-order valence-corrected chi connectivity index (χ2v) is 9.49. The molecule has 0 saturated heterocycles. The van der Waals surface area contributed by atoms with Crippen LogP contribution < -0.4 is 4.72 Å². The summed E-state index contributed by atoms with van der Waals surface area (Å²) in [5.41, 5.74) is 3.73. The quantitative estimate of drug-likeness (QED) is 0.577. The Morgan fingerprint density at radius 3 is 2.59 bits per heavy atom. The molecule has 1 unspecified atom stereocenters. The van der Waals surface area contributed by atoms with Crippen molar-refractivity contribution >= 4 is 17.3 Å². The standard InChI is InChI=1S/C20H29N3O3S/c1-7-26-19(24)13-18(22-27(25)20(4,5)6)16-9-8-10-17(12-16)23-15(3)11-14(2)21-23/h8-12,18,22H,7,13H2,1-6H3/t18?,27-/m1/s1. The fourth-order valence-corrected chi connectivity index (χ4v) is 3.52. The molecule has 7 heteroatoms. The van der Waals surface area contributed by atoms with Gasteiger partial charge in [0, 0.05) is 17.1 Å². The summed E-state index contributed by atoms with van der Waals surface area (Å²) < 4.78 is 22.3. The number of hydrogen-bond acceptors (Lipinski definition) is 5. The minimum absolute atomic E-state index is 0.107. The Labute approximate surface area is 164 Å². The minimum Gasteiger partial charge on any atom is -0.598 e. The number of rotatable bonds is 7. The summed E-state index contributed by atoms with van der Waals surface area (Å²) >= 11 is -1.32. The lowest BCUT2D eigenvalue weighted by atomic mass is 10.0. The molecule has 0 aliphatic heterocycles. The van der Waals surface area contributed by atoms with Gasteiger partial charge in [-0.25, -0.2) is 4.68 Å². The van der Waals surface area contributed by atoms with Gasteiger partial charge < -0.3 is 9.29 Å². The second kappa shape index (κ2) is 8.91. The van der Waals surface area contributed by atoms with Gasteiger partial charge in [0.15, 0.2) is 0 Å². The highest BCUT2D eigenvalue weighted by atomic mass is 32.2. The molecular formula is C20H29N3O3S. The van der Waals surface area contributed by atoms with Gasteiger partial charge in [0.2, 0.25) is 0 Å². The Morgan fingerprint density at radius 2 is 2.04 bits per heavy atom. The van der Waals surface area contributed by atoms with E-state index in [-0.39, 0.29) is 12.4 Å². The number of carbonyl (C=O) groups excluding carboxylic acids is 1. The molecule has 148 valence electrons. The van der Waals surface area contributed by atoms with E-state index in [4.69, 9.17) is 4.74 Å². The van der Waals surface area contributed by atoms with Crippen LogP contribution in [0.2, 0.25) is 0 Å². The van der Waals surface area contributed by atoms with E-state index < -0.39 is 22.2 Å². The minimum atomic E-state index is -1.32. The van der Waals surface area contributed by atoms with Crippen LogP contribution in [0.3, 0.4) is 0 Å². The zero-order chi connectivity index (χ0) is 20.2. The van der Waals surface area contributed by atoms with E-state index in [0.29, 0.717) is 6.61 Å². The molecule has 2 rings (SSSR count). The lowest BCUT2D eigenvalue weighted by Gasteiger charge is -2.28. The lowest BCUT2D eigenvalue weighted by Crippen LogP contribution is -2.42. The molecule has 0 aliphatic carbocycles. The number of aromatic nitrogens is 2. The molecule has 1 aromatic heterocycles. The first kappa shape index (κ1) is 21.5. The number of ether oxygens (including phenoxy) is 1. The number of esters is 1. The fourth-order valence-electron chi connectivity index (χ4n) is 2.68. The Bertz CT molecular complexity index is 783. The maximum Gasteiger partial charge on any atom is 0.307 e. The maximum absolute atomic E-state index is 12.6. The molecule has 1 heterocycles. The van der Waals surface area contributed by atoms with Gasteiger partial charge in [0.25, 0.3) is 0 Å². The topological polar surface area (TPSA) is 79.2 Å². The highest BCUT2D eigenvalue weighted by Gasteiger charge is 2.31. The van der Waals surface area contributed by atoms with Crippen molar-refractivity contribution in [2.75, 3.05) is 6.61 Å². The van der Waals surface area contributed by atoms with Crippen molar-refractivity contribution in [2.24, 2.45) is 0 Å². The summed E-state index contributed by atoms with van der Waals surface area (Å²) in [5, 5.41) is 4.52. The van der Waals surface area contributed by atoms with Crippen molar-refractivity contribution < 1.29 is 14.1 Å². The van der Waals surface area contributed by atoms with E-state index >= 15 is 0 Å². The van der Waals surface area contributed by atoms with Crippen molar-refractivity contribution in [1.82, 2.24) is 14.5 Å². The van der Waals surface area contributed by atoms with Gasteiger partial charge in [-0.2, -0.15) is 5.10 Å². The summed E-state index contributed by atoms with van der Waals surface area (Å²) in [6.07, 6.45) is 0.107. The molecule has 0 spiro atoms. The maximum atomic E-state index is 12.6. The first-order valence-electron chi connectivity index (χ1n) is 9.09. The van der Waals surface area contributed by atoms with E-state index in [2.05, 4.69) is 9.82 Å². The van der Waals surface area contributed by atoms with Crippen LogP contribution in [-0.2, 0) is 20.9 Å². The molecule has 0 fully saturated rings. The molecule has 2 aromatic rings. The monoisotopic (exact) mass is 391 g/mol. The highest BCUT2D eigenvalue weighted by Crippen LogP contribution is 2.25. The van der Waals surface area contributed by atoms with Crippen LogP contribution in [0.5, 0.6) is 0 Å². The van der Waals surface area contributed by atoms with Gasteiger partial charge in [-0.05, 0) is 65.3 Å². The molecule has 0 aliphatic rings. The van der Waals surface area contributed by atoms with Crippen molar-refractivity contribution in [3.05, 3.63) is 47.3 Å². The molecular weight excluding hydrogens is 362 g/mol. The van der Waals surface area contributed by atoms with E-state index in [9.17, 15) is 9.35 Å². The van der Waals surface area contributed by atoms with Crippen LogP contribution in [0, 0.1) is 13.8 Å². The molecule has 2 atom stereocenters. The predicted molar refractivity (Wildman–Crippen MR) is 108 cm³/mol. The van der Waals surface area contributed by atoms with Gasteiger partial charge in [0.1, 0.15) is 4.75 Å². The Morgan fingerprint density at radius 1 is 1.33 bits per heavy atom. The van der Waals surface area contributed by atoms with Gasteiger partial charge in [0.05, 0.1) is 30.5 Å². The highest BCUT2D eigenvalue weighted by molar-refractivity contribution is 7.90. The van der Waals surface area contributed by atoms with E-state index in [1.54, 1.807) is 6.92 Å². The SMILES string of the molecule is CCOC(=O)CC(N[S@+]([O-])C(C)(C)C)c1cccc(-n2nc(C)cc2C)c1. The lowest BCUT2D eigenvalue weighted by molar-refractivity contribution is -0.143. The van der Waals surface area contributed by atoms with Crippen molar-refractivity contribution in [2.45, 2.75) is 58.8 Å². The zero-order valence-corrected chi connectivity index (χ0v) is 17.7. The predicted octanol–water partition coefficient (Wildman–Crippen LogP) is 3.54. The third kappa shape index (κ3) is 5.82. The van der Waals surface area contributed by atoms with E-state index in [1.165, 1.54) is 0 Å². The molecule has 27 heavy (non-hydrogen) atoms. The summed E-state index contributed by atoms with van der Waals surface area (Å²) in [4.78, 5) is 12.1. The first-order chi connectivity index (χ1) is 12.6. The molecule has 1 aromatic carbocycles. The number of aryl methyl sites for hydroxylation is 2. The van der Waals surface area contributed by atoms with Gasteiger partial charge >= 0.3 is 5.97 Å². The average Bonchev–Trinajstić information content (AvgIpc) is 2.92. The Hall–Kier alpha value is -1.83. The van der Waals surface area contributed by atoms with E-state index in [0.717, 1.165) is 22.6 Å². The van der Waals surface area contributed by atoms with Gasteiger partial charge in [-0.15, -0.1) is 4.72 Å². The fraction of sp³-hybridized carbons (Fsp3) is 0.500. The average molecular weight is 392 g/mol. The van der Waals surface area contributed by atoms with Crippen LogP contribution in [-0.4, -0.2) is 31.7 Å². The second-order valence-electron chi connectivity index (χ2n) is 7.49. The van der Waals surface area contributed by atoms with Crippen LogP contribution in [0.4, 0.5) is 0 Å². The van der Waals surface area contributed by atoms with Crippen molar-refractivity contribution in [3.8, 4) is 5.69 Å². The normalized spacial score (nSPS) is 14.0. The van der Waals surface area contributed by atoms with E-state index in [1.807, 2.05) is 69.6 Å². The summed E-state index contributed by atoms with van der Waals surface area (Å²) in [6.45, 7) is 11.7. The summed E-state index contributed by atoms with van der Waals surface area (Å²) in [5.74, 6) is -0.322. The molecule has 6 nitrogen and oxygen atoms in total. The number of hydrogen-bond donors (Lipinski definition) is 1. The van der Waals surface area contributed by atoms with Gasteiger partial charge in [-0.1, -0.05) is 12.1 Å². The number of nitrogens with zero attached hydrogens (tertiary/aromatic N) is 2. The third-order valence-corrected chi connectivity index (χ3v) is 5.62. The van der Waals surface area contributed by atoms with Gasteiger partial charge in [-0.3, -0.25) is 4.79 Å². The Kier molecular flexibility index (Phi) is 7.08. The number of benzene rings is 1. The summed E-state index contributed by atoms with van der Waals surface area (Å²) in [6, 6.07) is 9.37. The van der Waals surface area contributed by atoms with Crippen LogP contribution in [0.1, 0.15) is 57.1 Å².